The number of hydrogen-bond acceptors (Lipinski definition) is 2. The minimum atomic E-state index is -0.318. The molecule has 0 spiro atoms. The summed E-state index contributed by atoms with van der Waals surface area (Å²) in [6.07, 6.45) is 0.702. The molecule has 4 nitrogen and oxygen atoms in total. The van der Waals surface area contributed by atoms with Crippen LogP contribution in [0.2, 0.25) is 5.02 Å². The van der Waals surface area contributed by atoms with Gasteiger partial charge in [-0.1, -0.05) is 17.7 Å². The maximum absolute atomic E-state index is 12.9. The molecule has 0 unspecified atom stereocenters. The number of aliphatic imine (C=N–C) groups is 1. The third-order valence-corrected chi connectivity index (χ3v) is 2.96. The fraction of sp³-hybridized carbons (Fsp3) is 0.500. The molecule has 0 aliphatic heterocycles. The van der Waals surface area contributed by atoms with Crippen molar-refractivity contribution in [1.29, 1.82) is 0 Å². The average molecular weight is 430 g/mol. The van der Waals surface area contributed by atoms with Crippen molar-refractivity contribution in [2.45, 2.75) is 13.3 Å². The van der Waals surface area contributed by atoms with Gasteiger partial charge in [-0.05, 0) is 31.0 Å². The molecule has 2 N–H and O–H groups in total. The van der Waals surface area contributed by atoms with E-state index in [-0.39, 0.29) is 29.8 Å². The Morgan fingerprint density at radius 3 is 2.76 bits per heavy atom. The molecule has 0 aliphatic carbocycles. The molecule has 1 aromatic rings. The molecule has 21 heavy (non-hydrogen) atoms. The lowest BCUT2D eigenvalue weighted by atomic mass is 10.1. The second-order valence-corrected chi connectivity index (χ2v) is 4.57. The smallest absolute Gasteiger partial charge is 0.191 e. The minimum absolute atomic E-state index is 0. The first-order valence-electron chi connectivity index (χ1n) is 6.62. The van der Waals surface area contributed by atoms with Crippen molar-refractivity contribution in [3.8, 4) is 0 Å². The molecular formula is C14H22ClFIN3O. The van der Waals surface area contributed by atoms with Gasteiger partial charge in [-0.2, -0.15) is 0 Å². The molecular weight excluding hydrogens is 408 g/mol. The number of hydrogen-bond donors (Lipinski definition) is 2. The first kappa shape index (κ1) is 20.4. The highest BCUT2D eigenvalue weighted by Crippen LogP contribution is 2.17. The molecule has 0 bridgehead atoms. The molecule has 120 valence electrons. The second kappa shape index (κ2) is 12.0. The van der Waals surface area contributed by atoms with Crippen molar-refractivity contribution in [3.63, 3.8) is 0 Å². The monoisotopic (exact) mass is 429 g/mol. The Morgan fingerprint density at radius 2 is 2.14 bits per heavy atom. The summed E-state index contributed by atoms with van der Waals surface area (Å²) in [5.41, 5.74) is 0.910. The van der Waals surface area contributed by atoms with Gasteiger partial charge < -0.3 is 15.4 Å². The highest BCUT2D eigenvalue weighted by atomic mass is 127. The van der Waals surface area contributed by atoms with E-state index in [4.69, 9.17) is 16.3 Å². The average Bonchev–Trinajstić information content (AvgIpc) is 2.41. The van der Waals surface area contributed by atoms with Crippen LogP contribution in [0.25, 0.3) is 0 Å². The zero-order valence-corrected chi connectivity index (χ0v) is 15.4. The number of halogens is 3. The van der Waals surface area contributed by atoms with Gasteiger partial charge in [0.05, 0.1) is 13.2 Å². The van der Waals surface area contributed by atoms with E-state index in [1.54, 1.807) is 13.2 Å². The summed E-state index contributed by atoms with van der Waals surface area (Å²) in [6.45, 7) is 4.65. The third kappa shape index (κ3) is 8.43. The van der Waals surface area contributed by atoms with E-state index in [0.29, 0.717) is 31.1 Å². The fourth-order valence-electron chi connectivity index (χ4n) is 1.63. The molecule has 0 saturated carbocycles. The van der Waals surface area contributed by atoms with Crippen molar-refractivity contribution in [1.82, 2.24) is 10.6 Å². The lowest BCUT2D eigenvalue weighted by Crippen LogP contribution is -2.38. The number of nitrogens with zero attached hydrogens (tertiary/aromatic N) is 1. The molecule has 0 atom stereocenters. The fourth-order valence-corrected chi connectivity index (χ4v) is 1.89. The quantitative estimate of drug-likeness (QED) is 0.303. The van der Waals surface area contributed by atoms with Crippen LogP contribution in [0, 0.1) is 5.82 Å². The predicted octanol–water partition coefficient (Wildman–Crippen LogP) is 2.84. The normalized spacial score (nSPS) is 11.0. The van der Waals surface area contributed by atoms with E-state index in [1.165, 1.54) is 12.1 Å². The lowest BCUT2D eigenvalue weighted by Gasteiger charge is -2.11. The topological polar surface area (TPSA) is 45.7 Å². The Kier molecular flexibility index (Phi) is 11.7. The molecule has 0 heterocycles. The zero-order valence-electron chi connectivity index (χ0n) is 12.3. The van der Waals surface area contributed by atoms with Crippen LogP contribution in [0.4, 0.5) is 4.39 Å². The van der Waals surface area contributed by atoms with Gasteiger partial charge in [-0.3, -0.25) is 4.99 Å². The molecule has 0 saturated heterocycles. The van der Waals surface area contributed by atoms with Crippen LogP contribution in [0.5, 0.6) is 0 Å². The number of methoxy groups -OCH3 is 1. The molecule has 0 aromatic heterocycles. The maximum atomic E-state index is 12.9. The van der Waals surface area contributed by atoms with E-state index in [9.17, 15) is 4.39 Å². The minimum Gasteiger partial charge on any atom is -0.383 e. The van der Waals surface area contributed by atoms with Gasteiger partial charge in [0.15, 0.2) is 5.96 Å². The first-order chi connectivity index (χ1) is 9.67. The van der Waals surface area contributed by atoms with Crippen molar-refractivity contribution in [2.75, 3.05) is 33.4 Å². The van der Waals surface area contributed by atoms with E-state index < -0.39 is 0 Å². The van der Waals surface area contributed by atoms with Crippen molar-refractivity contribution < 1.29 is 9.13 Å². The molecule has 7 heteroatoms. The Bertz CT molecular complexity index is 446. The van der Waals surface area contributed by atoms with Gasteiger partial charge in [0, 0.05) is 25.2 Å². The largest absolute Gasteiger partial charge is 0.383 e. The Balaban J connectivity index is 0.00000400. The van der Waals surface area contributed by atoms with Gasteiger partial charge in [-0.15, -0.1) is 24.0 Å². The third-order valence-electron chi connectivity index (χ3n) is 2.61. The van der Waals surface area contributed by atoms with Crippen LogP contribution in [-0.4, -0.2) is 39.3 Å². The number of guanidine groups is 1. The first-order valence-corrected chi connectivity index (χ1v) is 7.00. The van der Waals surface area contributed by atoms with E-state index in [1.807, 2.05) is 6.92 Å². The second-order valence-electron chi connectivity index (χ2n) is 4.17. The van der Waals surface area contributed by atoms with E-state index in [2.05, 4.69) is 15.6 Å². The van der Waals surface area contributed by atoms with Gasteiger partial charge in [-0.25, -0.2) is 4.39 Å². The van der Waals surface area contributed by atoms with Gasteiger partial charge in [0.1, 0.15) is 5.82 Å². The summed E-state index contributed by atoms with van der Waals surface area (Å²) in [5.74, 6) is 0.420. The highest BCUT2D eigenvalue weighted by molar-refractivity contribution is 14.0. The van der Waals surface area contributed by atoms with Crippen LogP contribution >= 0.6 is 35.6 Å². The van der Waals surface area contributed by atoms with Gasteiger partial charge >= 0.3 is 0 Å². The number of rotatable bonds is 7. The number of nitrogens with one attached hydrogen (secondary N) is 2. The Hall–Kier alpha value is -0.600. The summed E-state index contributed by atoms with van der Waals surface area (Å²) >= 11 is 5.98. The van der Waals surface area contributed by atoms with Crippen molar-refractivity contribution in [2.24, 2.45) is 4.99 Å². The summed E-state index contributed by atoms with van der Waals surface area (Å²) < 4.78 is 17.9. The highest BCUT2D eigenvalue weighted by Gasteiger charge is 2.03. The molecule has 1 rings (SSSR count). The molecule has 0 aliphatic rings. The van der Waals surface area contributed by atoms with Crippen LogP contribution < -0.4 is 10.6 Å². The van der Waals surface area contributed by atoms with Crippen LogP contribution in [0.15, 0.2) is 23.2 Å². The van der Waals surface area contributed by atoms with E-state index in [0.717, 1.165) is 18.1 Å². The van der Waals surface area contributed by atoms with Crippen LogP contribution in [-0.2, 0) is 11.2 Å². The lowest BCUT2D eigenvalue weighted by molar-refractivity contribution is 0.208. The maximum Gasteiger partial charge on any atom is 0.191 e. The molecule has 0 radical (unpaired) electrons. The van der Waals surface area contributed by atoms with Crippen LogP contribution in [0.1, 0.15) is 12.5 Å². The van der Waals surface area contributed by atoms with Crippen LogP contribution in [0.3, 0.4) is 0 Å². The summed E-state index contributed by atoms with van der Waals surface area (Å²) in [4.78, 5) is 4.35. The molecule has 1 aromatic carbocycles. The molecule has 0 amide bonds. The summed E-state index contributed by atoms with van der Waals surface area (Å²) in [7, 11) is 1.65. The standard InChI is InChI=1S/C14H21ClFN3O.HI/c1-3-17-14(19-8-9-20-2)18-7-6-11-4-5-12(16)10-13(11)15;/h4-5,10H,3,6-9H2,1-2H3,(H2,17,18,19);1H. The van der Waals surface area contributed by atoms with Gasteiger partial charge in [0.25, 0.3) is 0 Å². The molecule has 0 fully saturated rings. The number of ether oxygens (including phenoxy) is 1. The predicted molar refractivity (Wildman–Crippen MR) is 96.4 cm³/mol. The van der Waals surface area contributed by atoms with Crippen molar-refractivity contribution in [3.05, 3.63) is 34.6 Å². The number of benzene rings is 1. The summed E-state index contributed by atoms with van der Waals surface area (Å²) in [5, 5.41) is 6.79. The van der Waals surface area contributed by atoms with E-state index >= 15 is 0 Å². The van der Waals surface area contributed by atoms with Crippen molar-refractivity contribution >= 4 is 41.5 Å². The summed E-state index contributed by atoms with van der Waals surface area (Å²) in [6, 6.07) is 4.45. The Labute approximate surface area is 147 Å². The van der Waals surface area contributed by atoms with Gasteiger partial charge in [0.2, 0.25) is 0 Å². The zero-order chi connectivity index (χ0) is 14.8. The Morgan fingerprint density at radius 1 is 1.38 bits per heavy atom. The SMILES string of the molecule is CCNC(=NCCOC)NCCc1ccc(F)cc1Cl.I.